The van der Waals surface area contributed by atoms with Gasteiger partial charge >= 0.3 is 0 Å². The summed E-state index contributed by atoms with van der Waals surface area (Å²) >= 11 is 17.2. The molecule has 0 bridgehead atoms. The normalized spacial score (nSPS) is 13.3. The maximum Gasteiger partial charge on any atom is 0.258 e. The first kappa shape index (κ1) is 25.0. The fourth-order valence-corrected chi connectivity index (χ4v) is 4.62. The van der Waals surface area contributed by atoms with Crippen molar-refractivity contribution in [3.8, 4) is 0 Å². The summed E-state index contributed by atoms with van der Waals surface area (Å²) < 4.78 is 0. The molecule has 0 saturated carbocycles. The number of nitrogens with one attached hydrogen (secondary N) is 2. The Morgan fingerprint density at radius 3 is 2.23 bits per heavy atom. The van der Waals surface area contributed by atoms with Gasteiger partial charge in [-0.15, -0.1) is 0 Å². The smallest absolute Gasteiger partial charge is 0.258 e. The van der Waals surface area contributed by atoms with Crippen molar-refractivity contribution in [3.63, 3.8) is 0 Å². The first-order chi connectivity index (χ1) is 16.8. The summed E-state index contributed by atoms with van der Waals surface area (Å²) in [4.78, 5) is 29.4. The number of hydrogen-bond donors (Lipinski definition) is 2. The average Bonchev–Trinajstić information content (AvgIpc) is 2.84. The number of amides is 2. The molecule has 6 nitrogen and oxygen atoms in total. The molecule has 0 aliphatic carbocycles. The highest BCUT2D eigenvalue weighted by Gasteiger charge is 2.23. The lowest BCUT2D eigenvalue weighted by atomic mass is 10.1. The predicted molar refractivity (Wildman–Crippen MR) is 146 cm³/mol. The molecule has 0 spiro atoms. The number of carbonyl (C=O) groups excluding carboxylic acids is 2. The summed E-state index contributed by atoms with van der Waals surface area (Å²) in [6, 6.07) is 20.1. The molecule has 1 saturated heterocycles. The molecule has 0 aromatic heterocycles. The molecular formula is C26H24Cl2N4O2S. The molecule has 3 aromatic carbocycles. The zero-order chi connectivity index (χ0) is 24.9. The molecule has 35 heavy (non-hydrogen) atoms. The number of piperazine rings is 1. The van der Waals surface area contributed by atoms with E-state index in [9.17, 15) is 9.59 Å². The van der Waals surface area contributed by atoms with Crippen LogP contribution < -0.4 is 15.5 Å². The van der Waals surface area contributed by atoms with Crippen LogP contribution in [0.15, 0.2) is 66.7 Å². The molecule has 0 radical (unpaired) electrons. The lowest BCUT2D eigenvalue weighted by Crippen LogP contribution is -2.48. The lowest BCUT2D eigenvalue weighted by Gasteiger charge is -2.36. The maximum atomic E-state index is 12.9. The van der Waals surface area contributed by atoms with E-state index in [0.29, 0.717) is 18.1 Å². The van der Waals surface area contributed by atoms with E-state index in [-0.39, 0.29) is 21.6 Å². The Morgan fingerprint density at radius 2 is 1.57 bits per heavy atom. The second-order valence-electron chi connectivity index (χ2n) is 8.17. The van der Waals surface area contributed by atoms with Crippen molar-refractivity contribution >= 4 is 63.7 Å². The minimum atomic E-state index is -0.418. The third-order valence-electron chi connectivity index (χ3n) is 5.84. The Morgan fingerprint density at radius 1 is 0.886 bits per heavy atom. The predicted octanol–water partition coefficient (Wildman–Crippen LogP) is 5.39. The van der Waals surface area contributed by atoms with E-state index < -0.39 is 5.91 Å². The highest BCUT2D eigenvalue weighted by Crippen LogP contribution is 2.22. The number of rotatable bonds is 4. The van der Waals surface area contributed by atoms with Gasteiger partial charge in [-0.1, -0.05) is 41.4 Å². The third kappa shape index (κ3) is 6.11. The van der Waals surface area contributed by atoms with Crippen molar-refractivity contribution in [2.45, 2.75) is 6.92 Å². The van der Waals surface area contributed by atoms with Crippen LogP contribution in [0.2, 0.25) is 10.0 Å². The molecule has 1 heterocycles. The van der Waals surface area contributed by atoms with Crippen molar-refractivity contribution in [2.75, 3.05) is 36.4 Å². The molecule has 0 unspecified atom stereocenters. The summed E-state index contributed by atoms with van der Waals surface area (Å²) in [6.45, 7) is 4.79. The Balaban J connectivity index is 1.30. The van der Waals surface area contributed by atoms with Crippen LogP contribution in [0.3, 0.4) is 0 Å². The monoisotopic (exact) mass is 526 g/mol. The fourth-order valence-electron chi connectivity index (χ4n) is 3.91. The second-order valence-corrected chi connectivity index (χ2v) is 9.43. The Bertz CT molecular complexity index is 1260. The molecular weight excluding hydrogens is 503 g/mol. The number of nitrogens with zero attached hydrogens (tertiary/aromatic N) is 2. The number of halogens is 2. The van der Waals surface area contributed by atoms with Gasteiger partial charge in [0.15, 0.2) is 5.11 Å². The van der Waals surface area contributed by atoms with E-state index in [4.69, 9.17) is 35.4 Å². The Kier molecular flexibility index (Phi) is 7.90. The number of hydrogen-bond acceptors (Lipinski definition) is 4. The van der Waals surface area contributed by atoms with Gasteiger partial charge in [0.05, 0.1) is 10.6 Å². The van der Waals surface area contributed by atoms with Gasteiger partial charge in [-0.25, -0.2) is 0 Å². The summed E-state index contributed by atoms with van der Waals surface area (Å²) in [7, 11) is 0. The van der Waals surface area contributed by atoms with Crippen molar-refractivity contribution < 1.29 is 9.59 Å². The quantitative estimate of drug-likeness (QED) is 0.446. The lowest BCUT2D eigenvalue weighted by molar-refractivity contribution is 0.0746. The fraction of sp³-hybridized carbons (Fsp3) is 0.192. The number of anilines is 2. The molecule has 3 aromatic rings. The van der Waals surface area contributed by atoms with Crippen molar-refractivity contribution in [1.29, 1.82) is 0 Å². The van der Waals surface area contributed by atoms with E-state index in [1.807, 2.05) is 60.4 Å². The molecule has 9 heteroatoms. The van der Waals surface area contributed by atoms with Crippen molar-refractivity contribution in [1.82, 2.24) is 10.2 Å². The van der Waals surface area contributed by atoms with E-state index in [1.54, 1.807) is 12.1 Å². The van der Waals surface area contributed by atoms with Gasteiger partial charge in [0, 0.05) is 48.1 Å². The average molecular weight is 527 g/mol. The first-order valence-electron chi connectivity index (χ1n) is 11.1. The second kappa shape index (κ2) is 11.1. The van der Waals surface area contributed by atoms with Gasteiger partial charge in [0.2, 0.25) is 0 Å². The Labute approximate surface area is 219 Å². The zero-order valence-electron chi connectivity index (χ0n) is 19.1. The standard InChI is InChI=1S/C26H24Cl2N4O2S/c1-17-4-2-3-5-21(17)25(34)32-14-12-31(13-15-32)20-9-7-19(8-10-20)29-26(35)30-24(33)22-11-6-18(27)16-23(22)28/h2-11,16H,12-15H2,1H3,(H2,29,30,33,35). The van der Waals surface area contributed by atoms with Gasteiger partial charge in [-0.05, 0) is 73.2 Å². The van der Waals surface area contributed by atoms with Gasteiger partial charge in [-0.2, -0.15) is 0 Å². The van der Waals surface area contributed by atoms with Crippen molar-refractivity contribution in [2.24, 2.45) is 0 Å². The van der Waals surface area contributed by atoms with Gasteiger partial charge in [0.25, 0.3) is 11.8 Å². The number of benzene rings is 3. The van der Waals surface area contributed by atoms with E-state index in [0.717, 1.165) is 35.6 Å². The van der Waals surface area contributed by atoms with Crippen LogP contribution >= 0.6 is 35.4 Å². The minimum Gasteiger partial charge on any atom is -0.368 e. The van der Waals surface area contributed by atoms with Crippen LogP contribution in [0.25, 0.3) is 0 Å². The van der Waals surface area contributed by atoms with Crippen LogP contribution in [-0.4, -0.2) is 48.0 Å². The van der Waals surface area contributed by atoms with Crippen LogP contribution in [0, 0.1) is 6.92 Å². The molecule has 0 atom stereocenters. The van der Waals surface area contributed by atoms with Crippen LogP contribution in [-0.2, 0) is 0 Å². The molecule has 2 amide bonds. The molecule has 1 aliphatic heterocycles. The van der Waals surface area contributed by atoms with Crippen LogP contribution in [0.5, 0.6) is 0 Å². The molecule has 1 fully saturated rings. The highest BCUT2D eigenvalue weighted by molar-refractivity contribution is 7.80. The van der Waals surface area contributed by atoms with E-state index in [2.05, 4.69) is 15.5 Å². The number of aryl methyl sites for hydroxylation is 1. The highest BCUT2D eigenvalue weighted by atomic mass is 35.5. The van der Waals surface area contributed by atoms with Gasteiger partial charge in [-0.3, -0.25) is 14.9 Å². The van der Waals surface area contributed by atoms with E-state index in [1.165, 1.54) is 6.07 Å². The molecule has 180 valence electrons. The third-order valence-corrected chi connectivity index (χ3v) is 6.59. The largest absolute Gasteiger partial charge is 0.368 e. The van der Waals surface area contributed by atoms with Crippen LogP contribution in [0.1, 0.15) is 26.3 Å². The summed E-state index contributed by atoms with van der Waals surface area (Å²) in [5.41, 5.74) is 3.85. The van der Waals surface area contributed by atoms with Crippen LogP contribution in [0.4, 0.5) is 11.4 Å². The van der Waals surface area contributed by atoms with Gasteiger partial charge in [0.1, 0.15) is 0 Å². The topological polar surface area (TPSA) is 64.7 Å². The molecule has 2 N–H and O–H groups in total. The van der Waals surface area contributed by atoms with Crippen molar-refractivity contribution in [3.05, 3.63) is 93.5 Å². The summed E-state index contributed by atoms with van der Waals surface area (Å²) in [6.07, 6.45) is 0. The molecule has 1 aliphatic rings. The summed E-state index contributed by atoms with van der Waals surface area (Å²) in [5, 5.41) is 6.50. The van der Waals surface area contributed by atoms with E-state index >= 15 is 0 Å². The number of carbonyl (C=O) groups is 2. The summed E-state index contributed by atoms with van der Waals surface area (Å²) in [5.74, 6) is -0.336. The minimum absolute atomic E-state index is 0.0812. The molecule has 4 rings (SSSR count). The first-order valence-corrected chi connectivity index (χ1v) is 12.3. The zero-order valence-corrected chi connectivity index (χ0v) is 21.4. The SMILES string of the molecule is Cc1ccccc1C(=O)N1CCN(c2ccc(NC(=S)NC(=O)c3ccc(Cl)cc3Cl)cc2)CC1. The Hall–Kier alpha value is -3.13. The maximum absolute atomic E-state index is 12.9. The number of thiocarbonyl (C=S) groups is 1. The van der Waals surface area contributed by atoms with Gasteiger partial charge < -0.3 is 15.1 Å².